The van der Waals surface area contributed by atoms with E-state index in [0.29, 0.717) is 11.6 Å². The molecule has 2 heterocycles. The molecule has 1 aromatic rings. The fourth-order valence-corrected chi connectivity index (χ4v) is 3.15. The van der Waals surface area contributed by atoms with Gasteiger partial charge in [-0.3, -0.25) is 9.89 Å². The zero-order valence-corrected chi connectivity index (χ0v) is 11.1. The van der Waals surface area contributed by atoms with Crippen LogP contribution in [0.1, 0.15) is 17.0 Å². The molecule has 0 bridgehead atoms. The number of carboxylic acids is 1. The number of carbonyl (C=O) groups excluding carboxylic acids is 1. The Hall–Kier alpha value is -1.50. The molecule has 0 saturated carbocycles. The van der Waals surface area contributed by atoms with Crippen molar-refractivity contribution in [2.75, 3.05) is 11.6 Å². The monoisotopic (exact) mass is 269 g/mol. The Morgan fingerprint density at radius 2 is 2.28 bits per heavy atom. The topological polar surface area (TPSA) is 86.3 Å². The van der Waals surface area contributed by atoms with Crippen molar-refractivity contribution in [3.63, 3.8) is 0 Å². The van der Waals surface area contributed by atoms with E-state index in [0.717, 1.165) is 17.0 Å². The third-order valence-electron chi connectivity index (χ3n) is 3.10. The van der Waals surface area contributed by atoms with Crippen molar-refractivity contribution < 1.29 is 14.7 Å². The molecule has 1 saturated heterocycles. The van der Waals surface area contributed by atoms with Gasteiger partial charge in [-0.25, -0.2) is 4.79 Å². The molecule has 0 unspecified atom stereocenters. The second-order valence-electron chi connectivity index (χ2n) is 4.31. The number of carboxylic acid groups (broad SMARTS) is 1. The van der Waals surface area contributed by atoms with E-state index in [2.05, 4.69) is 10.2 Å². The molecule has 1 aliphatic heterocycles. The van der Waals surface area contributed by atoms with Crippen LogP contribution in [-0.4, -0.2) is 49.8 Å². The van der Waals surface area contributed by atoms with Crippen LogP contribution < -0.4 is 0 Å². The molecule has 0 spiro atoms. The predicted molar refractivity (Wildman–Crippen MR) is 67.4 cm³/mol. The minimum atomic E-state index is -0.936. The number of hydrogen-bond donors (Lipinski definition) is 2. The summed E-state index contributed by atoms with van der Waals surface area (Å²) >= 11 is 1.47. The fraction of sp³-hybridized carbons (Fsp3) is 0.545. The highest BCUT2D eigenvalue weighted by Crippen LogP contribution is 2.22. The van der Waals surface area contributed by atoms with Gasteiger partial charge in [0.1, 0.15) is 6.04 Å². The van der Waals surface area contributed by atoms with Gasteiger partial charge in [0.15, 0.2) is 0 Å². The van der Waals surface area contributed by atoms with Crippen LogP contribution in [0.15, 0.2) is 0 Å². The molecule has 1 amide bonds. The normalized spacial score (nSPS) is 19.2. The van der Waals surface area contributed by atoms with Crippen LogP contribution in [0.5, 0.6) is 0 Å². The van der Waals surface area contributed by atoms with Gasteiger partial charge in [-0.15, -0.1) is 11.8 Å². The van der Waals surface area contributed by atoms with Crippen molar-refractivity contribution >= 4 is 23.6 Å². The van der Waals surface area contributed by atoms with Gasteiger partial charge in [0, 0.05) is 17.0 Å². The summed E-state index contributed by atoms with van der Waals surface area (Å²) in [7, 11) is 0. The number of aliphatic carboxylic acids is 1. The van der Waals surface area contributed by atoms with Crippen LogP contribution in [-0.2, 0) is 16.0 Å². The molecule has 18 heavy (non-hydrogen) atoms. The van der Waals surface area contributed by atoms with Gasteiger partial charge in [0.2, 0.25) is 5.91 Å². The van der Waals surface area contributed by atoms with E-state index < -0.39 is 12.0 Å². The second-order valence-corrected chi connectivity index (χ2v) is 5.31. The number of nitrogens with one attached hydrogen (secondary N) is 1. The Balaban J connectivity index is 2.11. The molecule has 1 aromatic heterocycles. The average Bonchev–Trinajstić information content (AvgIpc) is 2.90. The summed E-state index contributed by atoms with van der Waals surface area (Å²) in [5.74, 6) is -0.176. The molecule has 0 aliphatic carbocycles. The number of nitrogens with zero attached hydrogens (tertiary/aromatic N) is 2. The second kappa shape index (κ2) is 5.01. The van der Waals surface area contributed by atoms with Gasteiger partial charge in [-0.2, -0.15) is 5.10 Å². The number of thioether (sulfide) groups is 1. The lowest BCUT2D eigenvalue weighted by Crippen LogP contribution is -2.42. The van der Waals surface area contributed by atoms with E-state index in [1.807, 2.05) is 13.8 Å². The zero-order chi connectivity index (χ0) is 13.3. The van der Waals surface area contributed by atoms with Crippen molar-refractivity contribution in [3.05, 3.63) is 17.0 Å². The quantitative estimate of drug-likeness (QED) is 0.837. The largest absolute Gasteiger partial charge is 0.480 e. The van der Waals surface area contributed by atoms with Crippen molar-refractivity contribution in [1.29, 1.82) is 0 Å². The molecule has 1 fully saturated rings. The van der Waals surface area contributed by atoms with Crippen molar-refractivity contribution in [1.82, 2.24) is 15.1 Å². The highest BCUT2D eigenvalue weighted by molar-refractivity contribution is 7.99. The van der Waals surface area contributed by atoms with Gasteiger partial charge >= 0.3 is 5.97 Å². The van der Waals surface area contributed by atoms with E-state index in [9.17, 15) is 9.59 Å². The summed E-state index contributed by atoms with van der Waals surface area (Å²) < 4.78 is 0. The average molecular weight is 269 g/mol. The Labute approximate surface area is 109 Å². The summed E-state index contributed by atoms with van der Waals surface area (Å²) in [6.07, 6.45) is 0.207. The Kier molecular flexibility index (Phi) is 3.60. The Morgan fingerprint density at radius 3 is 2.83 bits per heavy atom. The fourth-order valence-electron chi connectivity index (χ4n) is 1.98. The van der Waals surface area contributed by atoms with Crippen molar-refractivity contribution in [2.24, 2.45) is 0 Å². The molecular formula is C11H15N3O3S. The lowest BCUT2D eigenvalue weighted by Gasteiger charge is -2.20. The van der Waals surface area contributed by atoms with Crippen LogP contribution in [0, 0.1) is 13.8 Å². The molecule has 1 aliphatic rings. The van der Waals surface area contributed by atoms with Gasteiger partial charge in [-0.1, -0.05) is 0 Å². The summed E-state index contributed by atoms with van der Waals surface area (Å²) in [6.45, 7) is 3.69. The van der Waals surface area contributed by atoms with E-state index in [1.165, 1.54) is 16.7 Å². The number of rotatable bonds is 3. The molecule has 0 radical (unpaired) electrons. The number of aromatic nitrogens is 2. The molecule has 98 valence electrons. The number of amides is 1. The van der Waals surface area contributed by atoms with Crippen LogP contribution in [0.3, 0.4) is 0 Å². The molecule has 2 rings (SSSR count). The maximum Gasteiger partial charge on any atom is 0.327 e. The van der Waals surface area contributed by atoms with Gasteiger partial charge in [0.25, 0.3) is 0 Å². The van der Waals surface area contributed by atoms with Gasteiger partial charge in [0.05, 0.1) is 18.0 Å². The van der Waals surface area contributed by atoms with E-state index in [1.54, 1.807) is 0 Å². The first-order valence-corrected chi connectivity index (χ1v) is 6.76. The first-order chi connectivity index (χ1) is 8.50. The summed E-state index contributed by atoms with van der Waals surface area (Å²) in [4.78, 5) is 24.6. The van der Waals surface area contributed by atoms with Gasteiger partial charge < -0.3 is 10.0 Å². The third kappa shape index (κ3) is 2.35. The lowest BCUT2D eigenvalue weighted by molar-refractivity contribution is -0.147. The standard InChI is InChI=1S/C11H15N3O3S/c1-6-8(7(2)13-12-6)3-10(15)14-5-18-4-9(14)11(16)17/h9H,3-5H2,1-2H3,(H,12,13)(H,16,17)/t9-/m0/s1. The molecule has 1 atom stereocenters. The van der Waals surface area contributed by atoms with Crippen LogP contribution in [0.4, 0.5) is 0 Å². The highest BCUT2D eigenvalue weighted by atomic mass is 32.2. The SMILES string of the molecule is Cc1n[nH]c(C)c1CC(=O)N1CSC[C@H]1C(=O)O. The number of H-pyrrole nitrogens is 1. The number of aryl methyl sites for hydroxylation is 2. The summed E-state index contributed by atoms with van der Waals surface area (Å²) in [6, 6.07) is -0.699. The van der Waals surface area contributed by atoms with E-state index in [4.69, 9.17) is 5.11 Å². The van der Waals surface area contributed by atoms with Crippen molar-refractivity contribution in [3.8, 4) is 0 Å². The molecular weight excluding hydrogens is 254 g/mol. The molecule has 6 nitrogen and oxygen atoms in total. The first-order valence-electron chi connectivity index (χ1n) is 5.61. The van der Waals surface area contributed by atoms with Crippen LogP contribution >= 0.6 is 11.8 Å². The number of hydrogen-bond acceptors (Lipinski definition) is 4. The number of aromatic amines is 1. The maximum atomic E-state index is 12.1. The van der Waals surface area contributed by atoms with Crippen LogP contribution in [0.25, 0.3) is 0 Å². The first kappa shape index (κ1) is 12.9. The lowest BCUT2D eigenvalue weighted by atomic mass is 10.1. The van der Waals surface area contributed by atoms with E-state index >= 15 is 0 Å². The van der Waals surface area contributed by atoms with Crippen molar-refractivity contribution in [2.45, 2.75) is 26.3 Å². The smallest absolute Gasteiger partial charge is 0.327 e. The van der Waals surface area contributed by atoms with Crippen LogP contribution in [0.2, 0.25) is 0 Å². The molecule has 2 N–H and O–H groups in total. The van der Waals surface area contributed by atoms with E-state index in [-0.39, 0.29) is 12.3 Å². The van der Waals surface area contributed by atoms with Gasteiger partial charge in [-0.05, 0) is 13.8 Å². The summed E-state index contributed by atoms with van der Waals surface area (Å²) in [5.41, 5.74) is 2.51. The predicted octanol–water partition coefficient (Wildman–Crippen LogP) is 0.555. The minimum absolute atomic E-state index is 0.153. The maximum absolute atomic E-state index is 12.1. The zero-order valence-electron chi connectivity index (χ0n) is 10.3. The Morgan fingerprint density at radius 1 is 1.56 bits per heavy atom. The number of carbonyl (C=O) groups is 2. The summed E-state index contributed by atoms with van der Waals surface area (Å²) in [5, 5.41) is 15.9. The molecule has 0 aromatic carbocycles. The molecule has 7 heteroatoms. The highest BCUT2D eigenvalue weighted by Gasteiger charge is 2.34. The Bertz CT molecular complexity index is 466. The third-order valence-corrected chi connectivity index (χ3v) is 4.11. The minimum Gasteiger partial charge on any atom is -0.480 e.